The van der Waals surface area contributed by atoms with Crippen molar-refractivity contribution in [3.05, 3.63) is 231 Å². The summed E-state index contributed by atoms with van der Waals surface area (Å²) < 4.78 is 22.9. The van der Waals surface area contributed by atoms with Crippen LogP contribution in [0.25, 0.3) is 10.9 Å². The minimum absolute atomic E-state index is 0. The lowest BCUT2D eigenvalue weighted by Crippen LogP contribution is -2.27. The number of aromatic amines is 1. The Bertz CT molecular complexity index is 6450. The van der Waals surface area contributed by atoms with Gasteiger partial charge in [-0.1, -0.05) is 92.6 Å². The number of nitrogens with two attached hydrogens (primary N) is 2. The van der Waals surface area contributed by atoms with E-state index in [9.17, 15) is 22.8 Å². The summed E-state index contributed by atoms with van der Waals surface area (Å²) in [5, 5.41) is 51.7. The molecule has 0 fully saturated rings. The molecule has 0 atom stereocenters. The van der Waals surface area contributed by atoms with E-state index in [1.807, 2.05) is 175 Å². The van der Waals surface area contributed by atoms with Gasteiger partial charge in [-0.3, -0.25) is 14.4 Å². The van der Waals surface area contributed by atoms with Gasteiger partial charge in [-0.25, -0.2) is 43.5 Å². The molecule has 0 saturated carbocycles. The molecular weight excluding hydrogens is 1830 g/mol. The van der Waals surface area contributed by atoms with Crippen LogP contribution < -0.4 is 85.3 Å². The minimum atomic E-state index is -3.75. The Morgan fingerprint density at radius 2 is 0.627 bits per heavy atom. The molecule has 0 radical (unpaired) electrons. The van der Waals surface area contributed by atoms with Crippen LogP contribution in [0.15, 0.2) is 176 Å². The molecule has 142 heavy (non-hydrogen) atoms. The number of benzene rings is 6. The van der Waals surface area contributed by atoms with Crippen LogP contribution in [0.4, 0.5) is 116 Å². The Morgan fingerprint density at radius 3 is 0.972 bits per heavy atom. The maximum Gasteiger partial charge on any atom is 0.248 e. The second kappa shape index (κ2) is 53.2. The number of carbonyl (C=O) groups is 3. The first kappa shape index (κ1) is 124. The fourth-order valence-corrected chi connectivity index (χ4v) is 12.9. The van der Waals surface area contributed by atoms with Crippen molar-refractivity contribution in [3.63, 3.8) is 0 Å². The molecule has 13 aromatic rings. The lowest BCUT2D eigenvalue weighted by Gasteiger charge is -2.21. The number of primary sulfonamides is 1. The van der Waals surface area contributed by atoms with E-state index in [1.54, 1.807) is 55.1 Å². The SMILES string of the molecule is C.C.C.C.C.C.CC(=O)Nc1cccc(Nc2nc(NC(C)(C)C)ncc2C)c1.CC(=O)Nc1cccc(Nc2nc(NC(C)(C)C)ncc2C)c1C.Cc1cnc(NC(C)(C)C)nc1Nc1ccc(Cl)c2[nH]ccc12.Cc1cnc(NC(C)(C)C)nc1Nc1cccc(C(N)=O)c1.Cc1cnc(NC(C)(C)C)nc1Nc1cccc(C)c1C.Cc1cnc(NC(C)(C)C)nc1Nc1cccc(S(N)(=O)=O)c1. The van der Waals surface area contributed by atoms with Crippen LogP contribution in [-0.4, -0.2) is 124 Å². The molecule has 770 valence electrons. The molecule has 0 aliphatic carbocycles. The van der Waals surface area contributed by atoms with Crippen molar-refractivity contribution in [1.29, 1.82) is 0 Å². The summed E-state index contributed by atoms with van der Waals surface area (Å²) >= 11 is 6.21. The number of fused-ring (bicyclic) bond motifs is 1. The molecule has 3 amide bonds. The number of amides is 3. The van der Waals surface area contributed by atoms with Crippen molar-refractivity contribution in [2.24, 2.45) is 10.9 Å². The molecule has 0 spiro atoms. The predicted molar refractivity (Wildman–Crippen MR) is 599 cm³/mol. The van der Waals surface area contributed by atoms with E-state index in [0.717, 1.165) is 113 Å². The van der Waals surface area contributed by atoms with Crippen molar-refractivity contribution >= 4 is 166 Å². The fourth-order valence-electron chi connectivity index (χ4n) is 12.2. The van der Waals surface area contributed by atoms with Gasteiger partial charge in [-0.15, -0.1) is 0 Å². The first-order chi connectivity index (χ1) is 63.3. The number of hydrogen-bond donors (Lipinski definition) is 17. The van der Waals surface area contributed by atoms with E-state index >= 15 is 0 Å². The number of rotatable bonds is 22. The van der Waals surface area contributed by atoms with E-state index in [-0.39, 0.29) is 94.5 Å². The monoisotopic (exact) mass is 1980 g/mol. The summed E-state index contributed by atoms with van der Waals surface area (Å²) in [6.07, 6.45) is 12.6. The molecule has 0 bridgehead atoms. The van der Waals surface area contributed by atoms with Crippen LogP contribution >= 0.6 is 11.6 Å². The number of aryl methyl sites for hydroxylation is 7. The van der Waals surface area contributed by atoms with Gasteiger partial charge in [0, 0.05) is 180 Å². The van der Waals surface area contributed by atoms with Crippen molar-refractivity contribution in [2.75, 3.05) is 74.4 Å². The Kier molecular flexibility index (Phi) is 46.4. The van der Waals surface area contributed by atoms with Gasteiger partial charge >= 0.3 is 0 Å². The molecule has 34 nitrogen and oxygen atoms in total. The zero-order chi connectivity index (χ0) is 101. The first-order valence-corrected chi connectivity index (χ1v) is 46.1. The van der Waals surface area contributed by atoms with Crippen LogP contribution in [0.3, 0.4) is 0 Å². The van der Waals surface area contributed by atoms with Gasteiger partial charge < -0.3 is 85.2 Å². The molecule has 0 unspecified atom stereocenters. The number of halogens is 1. The Labute approximate surface area is 849 Å². The number of aromatic nitrogens is 13. The standard InChI is InChI=1S/C18H25N5O.C17H20ClN5.C17H23N5O.C17H24N4.C16H21N5O.C15H21N5O2S.6CH4/c1-11-10-19-17(23-18(4,5)6)22-16(11)21-15-9-7-8-14(12(15)2)20-13(3)24;1-10-9-20-16(23-17(2,3)4)22-15(10)21-13-6-5-12(18)14-11(13)7-8-19-14;1-11-10-18-16(22-17(3,4)5)21-15(11)20-14-8-6-7-13(9-14)19-12(2)23;1-11-8-7-9-14(13(11)3)19-15-12(2)10-18-16(20-15)21-17(4,5)6;1-10-9-18-15(21-16(2,3)4)20-14(10)19-12-7-5-6-11(8-12)13(17)22;1-10-9-17-14(20-15(2,3)4)19-13(10)18-11-6-5-7-12(8-11)23(16,21)22;;;;;;/h7-10H,1-6H3,(H,20,24)(H2,19,21,22,23);5-9,19H,1-4H3,(H2,20,21,22,23);6-10H,1-5H3,(H,19,23)(H2,18,20,21,22);7-10H,1-6H3,(H2,18,19,20,21);5-9H,1-4H3,(H2,17,22)(H2,18,19,20,21);5-9H,1-4H3,(H2,16,21,22)(H2,17,18,19,20);6*1H4. The second-order valence-electron chi connectivity index (χ2n) is 38.9. The zero-order valence-corrected chi connectivity index (χ0v) is 85.1. The largest absolute Gasteiger partial charge is 0.366 e. The second-order valence-corrected chi connectivity index (χ2v) is 40.9. The highest BCUT2D eigenvalue weighted by Crippen LogP contribution is 2.35. The molecule has 6 aromatic carbocycles. The molecule has 0 aliphatic heterocycles. The van der Waals surface area contributed by atoms with E-state index in [2.05, 4.69) is 254 Å². The number of nitrogens with one attached hydrogen (secondary N) is 15. The van der Waals surface area contributed by atoms with Gasteiger partial charge in [0.25, 0.3) is 0 Å². The number of primary amides is 1. The maximum atomic E-state index is 11.4. The van der Waals surface area contributed by atoms with Crippen molar-refractivity contribution in [3.8, 4) is 0 Å². The number of sulfonamides is 1. The Hall–Kier alpha value is -14.5. The molecule has 36 heteroatoms. The fraction of sp³-hybridized carbons (Fsp3) is 0.387. The molecule has 7 aromatic heterocycles. The van der Waals surface area contributed by atoms with E-state index in [4.69, 9.17) is 22.5 Å². The number of hydrogen-bond acceptors (Lipinski definition) is 29. The molecular formula is C106H158ClN29O5S. The van der Waals surface area contributed by atoms with Crippen molar-refractivity contribution < 1.29 is 22.8 Å². The third-order valence-electron chi connectivity index (χ3n) is 18.7. The van der Waals surface area contributed by atoms with Gasteiger partial charge in [-0.2, -0.15) is 29.9 Å². The average Bonchev–Trinajstić information content (AvgIpc) is 1.61. The van der Waals surface area contributed by atoms with Gasteiger partial charge in [0.1, 0.15) is 34.9 Å². The highest BCUT2D eigenvalue weighted by molar-refractivity contribution is 7.89. The highest BCUT2D eigenvalue weighted by atomic mass is 35.5. The van der Waals surface area contributed by atoms with Gasteiger partial charge in [0.05, 0.1) is 15.4 Å². The Morgan fingerprint density at radius 1 is 0.331 bits per heavy atom. The molecule has 0 saturated heterocycles. The summed E-state index contributed by atoms with van der Waals surface area (Å²) in [5.41, 5.74) is 21.7. The third kappa shape index (κ3) is 41.5. The van der Waals surface area contributed by atoms with E-state index in [1.165, 1.54) is 37.1 Å². The maximum absolute atomic E-state index is 11.4. The predicted octanol–water partition coefficient (Wildman–Crippen LogP) is 26.0. The molecule has 13 rings (SSSR count). The molecule has 19 N–H and O–H groups in total. The van der Waals surface area contributed by atoms with E-state index < -0.39 is 15.9 Å². The number of H-pyrrole nitrogens is 1. The Balaban J connectivity index is 0.000000571. The summed E-state index contributed by atoms with van der Waals surface area (Å²) in [5.74, 6) is 7.14. The van der Waals surface area contributed by atoms with Crippen LogP contribution in [0.5, 0.6) is 0 Å². The summed E-state index contributed by atoms with van der Waals surface area (Å²) in [6.45, 7) is 57.8. The van der Waals surface area contributed by atoms with Crippen LogP contribution in [0, 0.1) is 62.3 Å². The van der Waals surface area contributed by atoms with Gasteiger partial charge in [0.2, 0.25) is 63.4 Å². The number of anilines is 20. The zero-order valence-electron chi connectivity index (χ0n) is 83.5. The van der Waals surface area contributed by atoms with Gasteiger partial charge in [-0.05, 0) is 295 Å². The van der Waals surface area contributed by atoms with Crippen LogP contribution in [0.2, 0.25) is 5.02 Å². The summed E-state index contributed by atoms with van der Waals surface area (Å²) in [7, 11) is -3.75. The lowest BCUT2D eigenvalue weighted by molar-refractivity contribution is -0.115. The molecule has 7 heterocycles. The topological polar surface area (TPSA) is 476 Å². The quantitative estimate of drug-likeness (QED) is 0.0300. The lowest BCUT2D eigenvalue weighted by atomic mass is 10.1. The molecule has 0 aliphatic rings. The van der Waals surface area contributed by atoms with Crippen LogP contribution in [-0.2, 0) is 19.6 Å². The number of carbonyl (C=O) groups excluding carboxylic acids is 3. The normalized spacial score (nSPS) is 10.9. The summed E-state index contributed by atoms with van der Waals surface area (Å²) in [6, 6.07) is 38.5. The summed E-state index contributed by atoms with van der Waals surface area (Å²) in [4.78, 5) is 89.9. The van der Waals surface area contributed by atoms with E-state index in [0.29, 0.717) is 63.6 Å². The first-order valence-electron chi connectivity index (χ1n) is 44.2. The third-order valence-corrected chi connectivity index (χ3v) is 19.9. The smallest absolute Gasteiger partial charge is 0.248 e. The van der Waals surface area contributed by atoms with Gasteiger partial charge in [0.15, 0.2) is 0 Å². The minimum Gasteiger partial charge on any atom is -0.366 e. The van der Waals surface area contributed by atoms with Crippen LogP contribution in [0.1, 0.15) is 243 Å². The van der Waals surface area contributed by atoms with Crippen molar-refractivity contribution in [2.45, 2.75) is 283 Å². The van der Waals surface area contributed by atoms with Crippen molar-refractivity contribution in [1.82, 2.24) is 64.8 Å². The average molecular weight is 1990 g/mol. The highest BCUT2D eigenvalue weighted by Gasteiger charge is 2.22. The number of nitrogens with zero attached hydrogens (tertiary/aromatic N) is 12.